The number of rotatable bonds is 9. The molecule has 474 valence electrons. The van der Waals surface area contributed by atoms with E-state index in [0.29, 0.717) is 0 Å². The molecule has 0 fully saturated rings. The van der Waals surface area contributed by atoms with Crippen molar-refractivity contribution in [3.63, 3.8) is 0 Å². The van der Waals surface area contributed by atoms with Gasteiger partial charge in [-0.15, -0.1) is 0 Å². The molecule has 0 atom stereocenters. The second kappa shape index (κ2) is 21.9. The molecule has 16 aromatic carbocycles. The minimum atomic E-state index is 0.855. The van der Waals surface area contributed by atoms with Crippen LogP contribution in [0.15, 0.2) is 361 Å². The van der Waals surface area contributed by atoms with Crippen LogP contribution in [0.1, 0.15) is 0 Å². The molecule has 0 unspecified atom stereocenters. The van der Waals surface area contributed by atoms with E-state index >= 15 is 0 Å². The van der Waals surface area contributed by atoms with Crippen LogP contribution in [-0.4, -0.2) is 18.3 Å². The summed E-state index contributed by atoms with van der Waals surface area (Å²) in [6.07, 6.45) is 0. The molecule has 0 saturated carbocycles. The second-order valence-corrected chi connectivity index (χ2v) is 27.1. The fourth-order valence-electron chi connectivity index (χ4n) is 16.9. The van der Waals surface area contributed by atoms with Crippen LogP contribution in [0, 0.1) is 0 Å². The third kappa shape index (κ3) is 8.54. The largest absolute Gasteiger partial charge is 0.456 e. The van der Waals surface area contributed by atoms with Crippen molar-refractivity contribution in [3.8, 4) is 78.4 Å². The predicted molar refractivity (Wildman–Crippen MR) is 426 cm³/mol. The van der Waals surface area contributed by atoms with Gasteiger partial charge in [-0.05, 0) is 184 Å². The summed E-state index contributed by atoms with van der Waals surface area (Å²) in [5.74, 6) is 0. The highest BCUT2D eigenvalue weighted by Gasteiger charge is 2.22. The number of nitrogens with zero attached hydrogens (tertiary/aromatic N) is 4. The second-order valence-electron chi connectivity index (χ2n) is 27.1. The number of furan rings is 2. The van der Waals surface area contributed by atoms with Crippen LogP contribution >= 0.6 is 0 Å². The van der Waals surface area contributed by atoms with Crippen molar-refractivity contribution in [2.45, 2.75) is 0 Å². The van der Waals surface area contributed by atoms with Gasteiger partial charge in [0.05, 0.1) is 49.8 Å². The molecule has 6 nitrogen and oxygen atoms in total. The molecule has 102 heavy (non-hydrogen) atoms. The van der Waals surface area contributed by atoms with E-state index in [1.165, 1.54) is 98.7 Å². The number of fused-ring (bicyclic) bond motifs is 18. The molecule has 0 aliphatic carbocycles. The van der Waals surface area contributed by atoms with E-state index in [1.807, 2.05) is 12.1 Å². The van der Waals surface area contributed by atoms with Crippen LogP contribution in [-0.2, 0) is 0 Å². The van der Waals surface area contributed by atoms with E-state index in [0.717, 1.165) is 111 Å². The lowest BCUT2D eigenvalue weighted by molar-refractivity contribution is 0.668. The Morgan fingerprint density at radius 1 is 0.157 bits per heavy atom. The Balaban J connectivity index is 0.557. The average Bonchev–Trinajstić information content (AvgIpc) is 1.59. The standard InChI is InChI=1S/C96H58N4O2/c1-2-17-61(18-3-1)71-21-4-10-27-84(71)100-88-31-14-8-25-75(88)83-55-66(41-50-92(83)100)65-40-49-91-82(54-65)74-24-7-13-30-87(74)99(91)70-43-46-79-77-44-37-67(56-94(77)102-96(79)58-70)60-35-33-59(34-36-60)62-19-16-20-68(51-62)97-85-28-11-5-22-72(85)80-52-63(38-47-89(80)97)64-39-48-90-81(53-64)73-23-6-12-29-86(73)98(90)69-42-45-78-76-26-9-15-32-93(76)101-95(78)57-69/h1-58H. The summed E-state index contributed by atoms with van der Waals surface area (Å²) in [6, 6.07) is 128. The first kappa shape index (κ1) is 56.3. The molecule has 6 heteroatoms. The van der Waals surface area contributed by atoms with Gasteiger partial charge in [0, 0.05) is 99.4 Å². The Kier molecular flexibility index (Phi) is 12.1. The number of aromatic nitrogens is 4. The molecule has 0 aliphatic heterocycles. The Hall–Kier alpha value is -13.7. The minimum absolute atomic E-state index is 0.855. The van der Waals surface area contributed by atoms with Gasteiger partial charge in [-0.3, -0.25) is 0 Å². The molecule has 22 rings (SSSR count). The van der Waals surface area contributed by atoms with Crippen LogP contribution in [0.25, 0.3) is 209 Å². The molecule has 0 spiro atoms. The minimum Gasteiger partial charge on any atom is -0.456 e. The van der Waals surface area contributed by atoms with Gasteiger partial charge in [0.15, 0.2) is 0 Å². The van der Waals surface area contributed by atoms with Gasteiger partial charge >= 0.3 is 0 Å². The molecule has 22 aromatic rings. The number of benzene rings is 16. The first-order valence-electron chi connectivity index (χ1n) is 34.9. The van der Waals surface area contributed by atoms with E-state index in [4.69, 9.17) is 8.83 Å². The molecule has 0 N–H and O–H groups in total. The number of para-hydroxylation sites is 6. The summed E-state index contributed by atoms with van der Waals surface area (Å²) < 4.78 is 22.8. The van der Waals surface area contributed by atoms with Gasteiger partial charge < -0.3 is 27.1 Å². The number of hydrogen-bond donors (Lipinski definition) is 0. The van der Waals surface area contributed by atoms with Crippen LogP contribution < -0.4 is 0 Å². The third-order valence-corrected chi connectivity index (χ3v) is 21.6. The zero-order valence-electron chi connectivity index (χ0n) is 55.1. The smallest absolute Gasteiger partial charge is 0.137 e. The molecule has 6 heterocycles. The highest BCUT2D eigenvalue weighted by Crippen LogP contribution is 2.45. The van der Waals surface area contributed by atoms with Gasteiger partial charge in [-0.25, -0.2) is 0 Å². The predicted octanol–water partition coefficient (Wildman–Crippen LogP) is 26.2. The Morgan fingerprint density at radius 3 is 0.990 bits per heavy atom. The summed E-state index contributed by atoms with van der Waals surface area (Å²) in [5, 5.41) is 14.2. The maximum absolute atomic E-state index is 6.85. The zero-order valence-corrected chi connectivity index (χ0v) is 55.1. The summed E-state index contributed by atoms with van der Waals surface area (Å²) in [4.78, 5) is 0. The summed E-state index contributed by atoms with van der Waals surface area (Å²) in [6.45, 7) is 0. The highest BCUT2D eigenvalue weighted by atomic mass is 16.3. The van der Waals surface area contributed by atoms with Gasteiger partial charge in [-0.1, -0.05) is 206 Å². The Bertz CT molecular complexity index is 7250. The average molecular weight is 1300 g/mol. The Labute approximate surface area is 584 Å². The summed E-state index contributed by atoms with van der Waals surface area (Å²) >= 11 is 0. The van der Waals surface area contributed by atoms with Crippen molar-refractivity contribution in [2.24, 2.45) is 0 Å². The first-order valence-corrected chi connectivity index (χ1v) is 34.9. The fraction of sp³-hybridized carbons (Fsp3) is 0. The molecule has 0 bridgehead atoms. The molecule has 0 amide bonds. The quantitative estimate of drug-likeness (QED) is 0.145. The van der Waals surface area contributed by atoms with Gasteiger partial charge in [0.25, 0.3) is 0 Å². The maximum atomic E-state index is 6.85. The first-order chi connectivity index (χ1) is 50.5. The maximum Gasteiger partial charge on any atom is 0.137 e. The summed E-state index contributed by atoms with van der Waals surface area (Å²) in [5.41, 5.74) is 28.9. The van der Waals surface area contributed by atoms with Crippen molar-refractivity contribution >= 4 is 131 Å². The van der Waals surface area contributed by atoms with Crippen molar-refractivity contribution < 1.29 is 8.83 Å². The van der Waals surface area contributed by atoms with Crippen molar-refractivity contribution in [2.75, 3.05) is 0 Å². The number of hydrogen-bond acceptors (Lipinski definition) is 2. The molecule has 0 saturated heterocycles. The molecular formula is C96H58N4O2. The third-order valence-electron chi connectivity index (χ3n) is 21.6. The Morgan fingerprint density at radius 2 is 0.480 bits per heavy atom. The van der Waals surface area contributed by atoms with Crippen LogP contribution in [0.3, 0.4) is 0 Å². The van der Waals surface area contributed by atoms with Crippen LogP contribution in [0.4, 0.5) is 0 Å². The van der Waals surface area contributed by atoms with E-state index in [9.17, 15) is 0 Å². The lowest BCUT2D eigenvalue weighted by Crippen LogP contribution is -1.97. The van der Waals surface area contributed by atoms with Gasteiger partial charge in [-0.2, -0.15) is 0 Å². The van der Waals surface area contributed by atoms with E-state index in [-0.39, 0.29) is 0 Å². The van der Waals surface area contributed by atoms with Crippen molar-refractivity contribution in [1.29, 1.82) is 0 Å². The molecular weight excluding hydrogens is 1240 g/mol. The van der Waals surface area contributed by atoms with Crippen LogP contribution in [0.5, 0.6) is 0 Å². The monoisotopic (exact) mass is 1300 g/mol. The van der Waals surface area contributed by atoms with Crippen molar-refractivity contribution in [1.82, 2.24) is 18.3 Å². The lowest BCUT2D eigenvalue weighted by Gasteiger charge is -2.14. The van der Waals surface area contributed by atoms with E-state index in [1.54, 1.807) is 0 Å². The highest BCUT2D eigenvalue weighted by molar-refractivity contribution is 6.16. The molecule has 0 aliphatic rings. The van der Waals surface area contributed by atoms with Gasteiger partial charge in [0.1, 0.15) is 22.3 Å². The normalized spacial score (nSPS) is 12.1. The topological polar surface area (TPSA) is 46.0 Å². The zero-order chi connectivity index (χ0) is 66.7. The van der Waals surface area contributed by atoms with Crippen LogP contribution in [0.2, 0.25) is 0 Å². The summed E-state index contributed by atoms with van der Waals surface area (Å²) in [7, 11) is 0. The molecule has 0 radical (unpaired) electrons. The van der Waals surface area contributed by atoms with Crippen molar-refractivity contribution in [3.05, 3.63) is 352 Å². The van der Waals surface area contributed by atoms with E-state index < -0.39 is 0 Å². The van der Waals surface area contributed by atoms with E-state index in [2.05, 4.69) is 358 Å². The SMILES string of the molecule is c1ccc(-c2ccccc2-n2c3ccccc3c3cc(-c4ccc5c(c4)c4ccccc4n5-c4ccc5c(c4)oc4cc(-c6ccc(-c7cccc(-n8c9ccccc9c9cc(-c%10ccc%11c(c%10)c%10ccccc%10n%11-c%10ccc%11c(c%10)oc%10ccccc%10%11)ccc98)c7)cc6)ccc45)ccc32)cc1. The van der Waals surface area contributed by atoms with Gasteiger partial charge in [0.2, 0.25) is 0 Å². The lowest BCUT2D eigenvalue weighted by atomic mass is 9.99. The fourth-order valence-corrected chi connectivity index (χ4v) is 16.9. The molecule has 6 aromatic heterocycles.